The van der Waals surface area contributed by atoms with E-state index in [0.29, 0.717) is 23.5 Å². The molecule has 1 unspecified atom stereocenters. The molecule has 0 aliphatic heterocycles. The zero-order chi connectivity index (χ0) is 14.1. The minimum Gasteiger partial charge on any atom is -0.395 e. The summed E-state index contributed by atoms with van der Waals surface area (Å²) in [6.45, 7) is 2.53. The van der Waals surface area contributed by atoms with E-state index in [4.69, 9.17) is 9.84 Å². The van der Waals surface area contributed by atoms with E-state index in [1.54, 1.807) is 7.11 Å². The predicted molar refractivity (Wildman–Crippen MR) is 76.3 cm³/mol. The highest BCUT2D eigenvalue weighted by Gasteiger charge is 2.15. The normalized spacial score (nSPS) is 11.5. The molecular formula is C14H19NO3S. The van der Waals surface area contributed by atoms with Gasteiger partial charge < -0.3 is 15.2 Å². The third-order valence-electron chi connectivity index (χ3n) is 2.53. The van der Waals surface area contributed by atoms with Crippen LogP contribution in [0.3, 0.4) is 0 Å². The van der Waals surface area contributed by atoms with Crippen molar-refractivity contribution in [3.63, 3.8) is 0 Å². The van der Waals surface area contributed by atoms with Gasteiger partial charge in [0.15, 0.2) is 0 Å². The lowest BCUT2D eigenvalue weighted by atomic mass is 10.2. The first-order valence-corrected chi connectivity index (χ1v) is 7.07. The third kappa shape index (κ3) is 5.03. The number of carbonyl (C=O) groups is 1. The third-order valence-corrected chi connectivity index (χ3v) is 3.44. The molecular weight excluding hydrogens is 262 g/mol. The first-order chi connectivity index (χ1) is 9.22. The Balaban J connectivity index is 2.72. The number of amides is 1. The van der Waals surface area contributed by atoms with Crippen LogP contribution in [0.5, 0.6) is 0 Å². The minimum absolute atomic E-state index is 0.0119. The van der Waals surface area contributed by atoms with Gasteiger partial charge in [-0.05, 0) is 17.9 Å². The van der Waals surface area contributed by atoms with Crippen molar-refractivity contribution in [3.05, 3.63) is 21.9 Å². The summed E-state index contributed by atoms with van der Waals surface area (Å²) in [4.78, 5) is 12.7. The Morgan fingerprint density at radius 1 is 1.63 bits per heavy atom. The van der Waals surface area contributed by atoms with Gasteiger partial charge in [0.2, 0.25) is 0 Å². The van der Waals surface area contributed by atoms with Crippen LogP contribution < -0.4 is 5.32 Å². The molecule has 0 fully saturated rings. The number of nitrogens with one attached hydrogen (secondary N) is 1. The molecule has 0 bridgehead atoms. The number of hydrogen-bond donors (Lipinski definition) is 2. The molecule has 104 valence electrons. The summed E-state index contributed by atoms with van der Waals surface area (Å²) in [6, 6.07) is 1.83. The SMILES string of the molecule is CCC(COC)NC(=O)c1sccc1C#CCCO. The Morgan fingerprint density at radius 2 is 2.42 bits per heavy atom. The van der Waals surface area contributed by atoms with Crippen LogP contribution in [0.2, 0.25) is 0 Å². The van der Waals surface area contributed by atoms with Crippen LogP contribution >= 0.6 is 11.3 Å². The number of aliphatic hydroxyl groups excluding tert-OH is 1. The van der Waals surface area contributed by atoms with E-state index in [2.05, 4.69) is 17.2 Å². The van der Waals surface area contributed by atoms with Gasteiger partial charge in [-0.25, -0.2) is 0 Å². The van der Waals surface area contributed by atoms with Gasteiger partial charge in [-0.1, -0.05) is 18.8 Å². The van der Waals surface area contributed by atoms with Crippen molar-refractivity contribution in [2.75, 3.05) is 20.3 Å². The average molecular weight is 281 g/mol. The summed E-state index contributed by atoms with van der Waals surface area (Å²) in [5.74, 6) is 5.62. The molecule has 19 heavy (non-hydrogen) atoms. The molecule has 1 aromatic rings. The highest BCUT2D eigenvalue weighted by molar-refractivity contribution is 7.12. The summed E-state index contributed by atoms with van der Waals surface area (Å²) >= 11 is 1.37. The fourth-order valence-corrected chi connectivity index (χ4v) is 2.26. The minimum atomic E-state index is -0.118. The standard InChI is InChI=1S/C14H19NO3S/c1-3-12(10-18-2)15-14(17)13-11(7-9-19-13)6-4-5-8-16/h7,9,12,16H,3,5,8,10H2,1-2H3,(H,15,17). The van der Waals surface area contributed by atoms with E-state index >= 15 is 0 Å². The summed E-state index contributed by atoms with van der Waals surface area (Å²) in [5.41, 5.74) is 0.711. The topological polar surface area (TPSA) is 58.6 Å². The van der Waals surface area contributed by atoms with Gasteiger partial charge in [0.25, 0.3) is 5.91 Å². The first-order valence-electron chi connectivity index (χ1n) is 6.19. The van der Waals surface area contributed by atoms with Crippen molar-refractivity contribution < 1.29 is 14.6 Å². The molecule has 1 rings (SSSR count). The molecule has 0 saturated heterocycles. The van der Waals surface area contributed by atoms with E-state index in [1.165, 1.54) is 11.3 Å². The highest BCUT2D eigenvalue weighted by Crippen LogP contribution is 2.16. The molecule has 2 N–H and O–H groups in total. The maximum Gasteiger partial charge on any atom is 0.262 e. The van der Waals surface area contributed by atoms with Crippen LogP contribution in [0.1, 0.15) is 35.0 Å². The van der Waals surface area contributed by atoms with Crippen molar-refractivity contribution >= 4 is 17.2 Å². The largest absolute Gasteiger partial charge is 0.395 e. The van der Waals surface area contributed by atoms with E-state index in [1.807, 2.05) is 18.4 Å². The monoisotopic (exact) mass is 281 g/mol. The van der Waals surface area contributed by atoms with E-state index in [0.717, 1.165) is 6.42 Å². The molecule has 0 spiro atoms. The van der Waals surface area contributed by atoms with Crippen LogP contribution in [0.25, 0.3) is 0 Å². The number of aliphatic hydroxyl groups is 1. The fourth-order valence-electron chi connectivity index (χ4n) is 1.51. The molecule has 1 heterocycles. The van der Waals surface area contributed by atoms with E-state index in [-0.39, 0.29) is 18.6 Å². The van der Waals surface area contributed by atoms with E-state index < -0.39 is 0 Å². The molecule has 0 aliphatic rings. The van der Waals surface area contributed by atoms with E-state index in [9.17, 15) is 4.79 Å². The van der Waals surface area contributed by atoms with Crippen LogP contribution in [-0.2, 0) is 4.74 Å². The second-order valence-corrected chi connectivity index (χ2v) is 4.89. The maximum atomic E-state index is 12.1. The molecule has 1 aromatic heterocycles. The van der Waals surface area contributed by atoms with Crippen molar-refractivity contribution in [2.45, 2.75) is 25.8 Å². The van der Waals surface area contributed by atoms with Gasteiger partial charge in [0.1, 0.15) is 4.88 Å². The van der Waals surface area contributed by atoms with Gasteiger partial charge in [0.05, 0.1) is 19.3 Å². The lowest BCUT2D eigenvalue weighted by Gasteiger charge is -2.15. The van der Waals surface area contributed by atoms with Gasteiger partial charge in [-0.2, -0.15) is 0 Å². The molecule has 0 saturated carbocycles. The van der Waals surface area contributed by atoms with Gasteiger partial charge >= 0.3 is 0 Å². The van der Waals surface area contributed by atoms with Gasteiger partial charge in [-0.15, -0.1) is 11.3 Å². The highest BCUT2D eigenvalue weighted by atomic mass is 32.1. The Kier molecular flexibility index (Phi) is 7.19. The second-order valence-electron chi connectivity index (χ2n) is 3.97. The summed E-state index contributed by atoms with van der Waals surface area (Å²) in [5, 5.41) is 13.5. The molecule has 0 aliphatic carbocycles. The van der Waals surface area contributed by atoms with Crippen molar-refractivity contribution in [2.24, 2.45) is 0 Å². The number of hydrogen-bond acceptors (Lipinski definition) is 4. The summed E-state index contributed by atoms with van der Waals surface area (Å²) in [7, 11) is 1.62. The zero-order valence-electron chi connectivity index (χ0n) is 11.2. The van der Waals surface area contributed by atoms with Gasteiger partial charge in [-0.3, -0.25) is 4.79 Å². The molecule has 0 radical (unpaired) electrons. The molecule has 1 amide bonds. The van der Waals surface area contributed by atoms with Crippen LogP contribution in [0.15, 0.2) is 11.4 Å². The Bertz CT molecular complexity index is 459. The number of rotatable bonds is 6. The lowest BCUT2D eigenvalue weighted by molar-refractivity contribution is 0.0898. The summed E-state index contributed by atoms with van der Waals surface area (Å²) in [6.07, 6.45) is 1.23. The Morgan fingerprint density at radius 3 is 3.05 bits per heavy atom. The molecule has 1 atom stereocenters. The van der Waals surface area contributed by atoms with Crippen LogP contribution in [0.4, 0.5) is 0 Å². The molecule has 4 nitrogen and oxygen atoms in total. The maximum absolute atomic E-state index is 12.1. The van der Waals surface area contributed by atoms with Gasteiger partial charge in [0, 0.05) is 19.1 Å². The number of thiophene rings is 1. The predicted octanol–water partition coefficient (Wildman–Crippen LogP) is 1.64. The first kappa shape index (κ1) is 15.7. The number of carbonyl (C=O) groups excluding carboxylic acids is 1. The van der Waals surface area contributed by atoms with Crippen molar-refractivity contribution in [1.29, 1.82) is 0 Å². The molecule has 5 heteroatoms. The van der Waals surface area contributed by atoms with Crippen molar-refractivity contribution in [3.8, 4) is 11.8 Å². The Labute approximate surface area is 117 Å². The lowest BCUT2D eigenvalue weighted by Crippen LogP contribution is -2.37. The zero-order valence-corrected chi connectivity index (χ0v) is 12.0. The second kappa shape index (κ2) is 8.70. The van der Waals surface area contributed by atoms with Crippen LogP contribution in [0, 0.1) is 11.8 Å². The Hall–Kier alpha value is -1.35. The van der Waals surface area contributed by atoms with Crippen LogP contribution in [-0.4, -0.2) is 37.4 Å². The molecule has 0 aromatic carbocycles. The average Bonchev–Trinajstić information content (AvgIpc) is 2.87. The smallest absolute Gasteiger partial charge is 0.262 e. The quantitative estimate of drug-likeness (QED) is 0.779. The number of methoxy groups -OCH3 is 1. The number of ether oxygens (including phenoxy) is 1. The van der Waals surface area contributed by atoms with Crippen molar-refractivity contribution in [1.82, 2.24) is 5.32 Å². The summed E-state index contributed by atoms with van der Waals surface area (Å²) < 4.78 is 5.06. The fraction of sp³-hybridized carbons (Fsp3) is 0.500.